The highest BCUT2D eigenvalue weighted by Gasteiger charge is 2.42. The van der Waals surface area contributed by atoms with Gasteiger partial charge in [-0.25, -0.2) is 0 Å². The van der Waals surface area contributed by atoms with Gasteiger partial charge in [0.2, 0.25) is 0 Å². The fourth-order valence-corrected chi connectivity index (χ4v) is 4.40. The fourth-order valence-electron chi connectivity index (χ4n) is 3.45. The van der Waals surface area contributed by atoms with Crippen LogP contribution < -0.4 is 0 Å². The molecule has 33 heavy (non-hydrogen) atoms. The second-order valence-corrected chi connectivity index (χ2v) is 9.20. The van der Waals surface area contributed by atoms with Gasteiger partial charge in [-0.15, -0.1) is 0 Å². The van der Waals surface area contributed by atoms with Gasteiger partial charge in [0, 0.05) is 27.4 Å². The molecule has 2 aromatic carbocycles. The summed E-state index contributed by atoms with van der Waals surface area (Å²) in [4.78, 5) is 13.2. The average Bonchev–Trinajstić information content (AvgIpc) is 2.81. The van der Waals surface area contributed by atoms with Gasteiger partial charge < -0.3 is 23.8 Å². The van der Waals surface area contributed by atoms with Crippen LogP contribution in [0.25, 0.3) is 0 Å². The summed E-state index contributed by atoms with van der Waals surface area (Å²) in [6.45, 7) is 2.26. The molecule has 8 heteroatoms. The first-order valence-corrected chi connectivity index (χ1v) is 11.8. The third kappa shape index (κ3) is 8.16. The predicted octanol–water partition coefficient (Wildman–Crippen LogP) is 4.06. The summed E-state index contributed by atoms with van der Waals surface area (Å²) >= 11 is 1.32. The number of carbonyl (C=O) groups excluding carboxylic acids is 1. The van der Waals surface area contributed by atoms with Gasteiger partial charge in [0.1, 0.15) is 24.3 Å². The van der Waals surface area contributed by atoms with Crippen molar-refractivity contribution in [1.82, 2.24) is 4.90 Å². The maximum Gasteiger partial charge on any atom is 0.302 e. The first kappa shape index (κ1) is 25.2. The van der Waals surface area contributed by atoms with E-state index in [1.54, 1.807) is 4.90 Å². The summed E-state index contributed by atoms with van der Waals surface area (Å²) in [6, 6.07) is 19.9. The Kier molecular flexibility index (Phi) is 9.75. The van der Waals surface area contributed by atoms with Crippen molar-refractivity contribution in [2.45, 2.75) is 50.3 Å². The van der Waals surface area contributed by atoms with Crippen LogP contribution in [-0.4, -0.2) is 60.5 Å². The van der Waals surface area contributed by atoms with Crippen molar-refractivity contribution in [1.29, 1.82) is 5.41 Å². The van der Waals surface area contributed by atoms with Crippen molar-refractivity contribution in [3.63, 3.8) is 0 Å². The molecule has 1 aliphatic rings. The minimum Gasteiger partial charge on any atom is -0.463 e. The number of carbonyl (C=O) groups is 1. The molecule has 0 radical (unpaired) electrons. The van der Waals surface area contributed by atoms with Crippen molar-refractivity contribution < 1.29 is 23.7 Å². The molecule has 4 atom stereocenters. The molecule has 0 amide bonds. The number of hydrogen-bond acceptors (Lipinski definition) is 7. The van der Waals surface area contributed by atoms with Crippen LogP contribution in [0, 0.1) is 5.41 Å². The van der Waals surface area contributed by atoms with E-state index in [9.17, 15) is 4.79 Å². The summed E-state index contributed by atoms with van der Waals surface area (Å²) < 4.78 is 24.2. The Hall–Kier alpha value is -2.39. The van der Waals surface area contributed by atoms with E-state index in [-0.39, 0.29) is 24.1 Å². The van der Waals surface area contributed by atoms with Crippen LogP contribution in [0.2, 0.25) is 0 Å². The van der Waals surface area contributed by atoms with E-state index < -0.39 is 12.2 Å². The number of ether oxygens (including phenoxy) is 4. The second-order valence-electron chi connectivity index (χ2n) is 8.06. The molecule has 0 bridgehead atoms. The standard InChI is InChI=1S/C25H32N2O5S/c1-18(28)29-17-22-24(31-16-20-12-8-5-9-13-20)21(30-15-19-10-6-4-7-11-19)14-23(32-22)33-25(26)27(2)3/h4-13,21-24,26H,14-17H2,1-3H3/t21-,22-,23-,24+/m1/s1. The molecule has 1 N–H and O–H groups in total. The van der Waals surface area contributed by atoms with Gasteiger partial charge in [-0.05, 0) is 11.1 Å². The summed E-state index contributed by atoms with van der Waals surface area (Å²) in [5.74, 6) is -0.377. The lowest BCUT2D eigenvalue weighted by Crippen LogP contribution is -2.52. The normalized spacial score (nSPS) is 22.5. The monoisotopic (exact) mass is 472 g/mol. The molecule has 2 aromatic rings. The largest absolute Gasteiger partial charge is 0.463 e. The summed E-state index contributed by atoms with van der Waals surface area (Å²) in [7, 11) is 3.65. The van der Waals surface area contributed by atoms with E-state index in [1.807, 2.05) is 74.8 Å². The Morgan fingerprint density at radius 3 is 2.15 bits per heavy atom. The topological polar surface area (TPSA) is 81.1 Å². The van der Waals surface area contributed by atoms with E-state index >= 15 is 0 Å². The van der Waals surface area contributed by atoms with Gasteiger partial charge in [0.25, 0.3) is 0 Å². The average molecular weight is 473 g/mol. The molecule has 7 nitrogen and oxygen atoms in total. The van der Waals surface area contributed by atoms with E-state index in [4.69, 9.17) is 24.4 Å². The molecule has 0 spiro atoms. The first-order chi connectivity index (χ1) is 15.9. The zero-order valence-electron chi connectivity index (χ0n) is 19.3. The van der Waals surface area contributed by atoms with Crippen molar-refractivity contribution in [3.05, 3.63) is 71.8 Å². The SMILES string of the molecule is CC(=O)OC[C@H]1O[C@H](SC(=N)N(C)C)C[C@@H](OCc2ccccc2)[C@@H]1OCc1ccccc1. The number of thioether (sulfide) groups is 1. The zero-order valence-corrected chi connectivity index (χ0v) is 20.1. The second kappa shape index (κ2) is 12.7. The Morgan fingerprint density at radius 1 is 1.03 bits per heavy atom. The minimum atomic E-state index is -0.514. The highest BCUT2D eigenvalue weighted by Crippen LogP contribution is 2.33. The summed E-state index contributed by atoms with van der Waals surface area (Å²) in [5.41, 5.74) is 1.78. The Balaban J connectivity index is 1.77. The smallest absolute Gasteiger partial charge is 0.302 e. The predicted molar refractivity (Wildman–Crippen MR) is 129 cm³/mol. The molecule has 1 heterocycles. The van der Waals surface area contributed by atoms with Gasteiger partial charge in [-0.3, -0.25) is 10.2 Å². The Morgan fingerprint density at radius 2 is 1.61 bits per heavy atom. The van der Waals surface area contributed by atoms with E-state index in [2.05, 4.69) is 0 Å². The van der Waals surface area contributed by atoms with Crippen molar-refractivity contribution in [3.8, 4) is 0 Å². The van der Waals surface area contributed by atoms with Gasteiger partial charge in [0.15, 0.2) is 5.17 Å². The number of amidine groups is 1. The van der Waals surface area contributed by atoms with Crippen LogP contribution in [0.15, 0.2) is 60.7 Å². The lowest BCUT2D eigenvalue weighted by molar-refractivity contribution is -0.204. The molecule has 178 valence electrons. The Bertz CT molecular complexity index is 881. The number of nitrogens with one attached hydrogen (secondary N) is 1. The minimum absolute atomic E-state index is 0.0618. The quantitative estimate of drug-likeness (QED) is 0.335. The third-order valence-corrected chi connectivity index (χ3v) is 6.33. The van der Waals surface area contributed by atoms with Gasteiger partial charge >= 0.3 is 5.97 Å². The van der Waals surface area contributed by atoms with Gasteiger partial charge in [0.05, 0.1) is 19.3 Å². The lowest BCUT2D eigenvalue weighted by Gasteiger charge is -2.41. The van der Waals surface area contributed by atoms with Crippen LogP contribution in [0.5, 0.6) is 0 Å². The lowest BCUT2D eigenvalue weighted by atomic mass is 10.0. The molecule has 1 saturated heterocycles. The van der Waals surface area contributed by atoms with Crippen molar-refractivity contribution in [2.75, 3.05) is 20.7 Å². The molecule has 3 rings (SSSR count). The number of esters is 1. The Labute approximate surface area is 199 Å². The van der Waals surface area contributed by atoms with Gasteiger partial charge in [-0.2, -0.15) is 0 Å². The molecule has 0 saturated carbocycles. The molecule has 0 aromatic heterocycles. The number of hydrogen-bond donors (Lipinski definition) is 1. The maximum atomic E-state index is 11.5. The number of benzene rings is 2. The molecule has 1 fully saturated rings. The zero-order chi connectivity index (χ0) is 23.6. The molecule has 1 aliphatic heterocycles. The fraction of sp³-hybridized carbons (Fsp3) is 0.440. The van der Waals surface area contributed by atoms with Crippen molar-refractivity contribution in [2.24, 2.45) is 0 Å². The van der Waals surface area contributed by atoms with Crippen LogP contribution in [0.4, 0.5) is 0 Å². The molecular weight excluding hydrogens is 440 g/mol. The van der Waals surface area contributed by atoms with Crippen LogP contribution in [0.3, 0.4) is 0 Å². The maximum absolute atomic E-state index is 11.5. The summed E-state index contributed by atoms with van der Waals surface area (Å²) in [6.07, 6.45) is -0.696. The molecular formula is C25H32N2O5S. The highest BCUT2D eigenvalue weighted by molar-refractivity contribution is 8.14. The van der Waals surface area contributed by atoms with E-state index in [0.717, 1.165) is 11.1 Å². The van der Waals surface area contributed by atoms with Crippen LogP contribution >= 0.6 is 11.8 Å². The van der Waals surface area contributed by atoms with Crippen LogP contribution in [-0.2, 0) is 37.0 Å². The first-order valence-electron chi connectivity index (χ1n) is 10.9. The van der Waals surface area contributed by atoms with Gasteiger partial charge in [-0.1, -0.05) is 72.4 Å². The van der Waals surface area contributed by atoms with Crippen molar-refractivity contribution >= 4 is 22.9 Å². The highest BCUT2D eigenvalue weighted by atomic mass is 32.2. The number of rotatable bonds is 9. The summed E-state index contributed by atoms with van der Waals surface area (Å²) in [5, 5.41) is 8.60. The van der Waals surface area contributed by atoms with E-state index in [1.165, 1.54) is 18.7 Å². The van der Waals surface area contributed by atoms with E-state index in [0.29, 0.717) is 24.8 Å². The third-order valence-electron chi connectivity index (χ3n) is 5.18. The molecule has 0 aliphatic carbocycles. The van der Waals surface area contributed by atoms with Crippen LogP contribution in [0.1, 0.15) is 24.5 Å². The molecule has 0 unspecified atom stereocenters. The number of nitrogens with zero attached hydrogens (tertiary/aromatic N) is 1.